The number of thiocarbonyl (C=S) groups is 1. The van der Waals surface area contributed by atoms with E-state index in [0.29, 0.717) is 10.7 Å². The molecule has 2 heterocycles. The normalized spacial score (nSPS) is 18.1. The lowest BCUT2D eigenvalue weighted by atomic mass is 10.2. The number of hydrogen-bond donors (Lipinski definition) is 1. The van der Waals surface area contributed by atoms with Gasteiger partial charge in [0.1, 0.15) is 4.99 Å². The van der Waals surface area contributed by atoms with Crippen molar-refractivity contribution in [1.29, 1.82) is 0 Å². The summed E-state index contributed by atoms with van der Waals surface area (Å²) in [5, 5.41) is 0. The molecule has 0 bridgehead atoms. The van der Waals surface area contributed by atoms with Gasteiger partial charge in [-0.2, -0.15) is 0 Å². The average molecular weight is 269 g/mol. The Morgan fingerprint density at radius 3 is 2.88 bits per heavy atom. The van der Waals surface area contributed by atoms with Crippen molar-refractivity contribution in [3.8, 4) is 0 Å². The Morgan fingerprint density at radius 1 is 1.53 bits per heavy atom. The molecule has 0 radical (unpaired) electrons. The van der Waals surface area contributed by atoms with Crippen LogP contribution in [0.5, 0.6) is 0 Å². The molecule has 0 saturated carbocycles. The molecule has 0 spiro atoms. The molecule has 0 aliphatic carbocycles. The highest BCUT2D eigenvalue weighted by Gasteiger charge is 2.15. The van der Waals surface area contributed by atoms with Gasteiger partial charge in [0.2, 0.25) is 0 Å². The van der Waals surface area contributed by atoms with Gasteiger partial charge >= 0.3 is 0 Å². The molecule has 1 fully saturated rings. The molecule has 1 aliphatic heterocycles. The van der Waals surface area contributed by atoms with Crippen molar-refractivity contribution in [3.05, 3.63) is 29.6 Å². The van der Waals surface area contributed by atoms with Crippen LogP contribution in [-0.4, -0.2) is 43.7 Å². The lowest BCUT2D eigenvalue weighted by Gasteiger charge is -2.26. The Bertz CT molecular complexity index is 440. The van der Waals surface area contributed by atoms with Crippen molar-refractivity contribution in [2.45, 2.75) is 6.54 Å². The van der Waals surface area contributed by atoms with Crippen LogP contribution in [0.25, 0.3) is 0 Å². The van der Waals surface area contributed by atoms with E-state index in [4.69, 9.17) is 18.0 Å². The minimum absolute atomic E-state index is 0.326. The Labute approximate surface area is 109 Å². The van der Waals surface area contributed by atoms with Crippen LogP contribution in [0.15, 0.2) is 18.3 Å². The molecule has 2 rings (SSSR count). The van der Waals surface area contributed by atoms with Gasteiger partial charge in [-0.25, -0.2) is 0 Å². The third-order valence-electron chi connectivity index (χ3n) is 2.75. The van der Waals surface area contributed by atoms with E-state index in [9.17, 15) is 4.21 Å². The van der Waals surface area contributed by atoms with Crippen LogP contribution >= 0.6 is 12.2 Å². The van der Waals surface area contributed by atoms with Gasteiger partial charge in [-0.1, -0.05) is 12.2 Å². The number of rotatable bonds is 3. The number of pyridine rings is 1. The van der Waals surface area contributed by atoms with Crippen LogP contribution in [0.4, 0.5) is 0 Å². The van der Waals surface area contributed by atoms with Crippen molar-refractivity contribution in [2.75, 3.05) is 24.6 Å². The predicted molar refractivity (Wildman–Crippen MR) is 73.3 cm³/mol. The summed E-state index contributed by atoms with van der Waals surface area (Å²) in [6.45, 7) is 2.62. The monoisotopic (exact) mass is 269 g/mol. The smallest absolute Gasteiger partial charge is 0.122 e. The van der Waals surface area contributed by atoms with Gasteiger partial charge in [-0.05, 0) is 17.7 Å². The van der Waals surface area contributed by atoms with Gasteiger partial charge in [0, 0.05) is 48.1 Å². The highest BCUT2D eigenvalue weighted by Crippen LogP contribution is 2.09. The summed E-state index contributed by atoms with van der Waals surface area (Å²) >= 11 is 4.90. The molecule has 92 valence electrons. The second kappa shape index (κ2) is 5.66. The largest absolute Gasteiger partial charge is 0.388 e. The van der Waals surface area contributed by atoms with Gasteiger partial charge in [-0.15, -0.1) is 0 Å². The lowest BCUT2D eigenvalue weighted by Crippen LogP contribution is -2.37. The molecule has 4 nitrogen and oxygen atoms in total. The third kappa shape index (κ3) is 3.55. The van der Waals surface area contributed by atoms with Crippen LogP contribution in [0, 0.1) is 0 Å². The van der Waals surface area contributed by atoms with E-state index in [1.807, 2.05) is 12.1 Å². The summed E-state index contributed by atoms with van der Waals surface area (Å²) < 4.78 is 11.2. The zero-order valence-corrected chi connectivity index (χ0v) is 11.1. The van der Waals surface area contributed by atoms with E-state index in [1.54, 1.807) is 6.20 Å². The van der Waals surface area contributed by atoms with E-state index in [0.717, 1.165) is 36.7 Å². The third-order valence-corrected chi connectivity index (χ3v) is 4.24. The molecule has 1 aromatic rings. The summed E-state index contributed by atoms with van der Waals surface area (Å²) in [5.74, 6) is 1.54. The Morgan fingerprint density at radius 2 is 2.24 bits per heavy atom. The van der Waals surface area contributed by atoms with Crippen molar-refractivity contribution < 1.29 is 4.21 Å². The fourth-order valence-electron chi connectivity index (χ4n) is 1.80. The summed E-state index contributed by atoms with van der Waals surface area (Å²) in [6, 6.07) is 3.89. The van der Waals surface area contributed by atoms with Crippen LogP contribution in [0.1, 0.15) is 11.3 Å². The minimum atomic E-state index is -0.625. The first-order chi connectivity index (χ1) is 8.15. The van der Waals surface area contributed by atoms with Crippen molar-refractivity contribution in [1.82, 2.24) is 9.88 Å². The molecule has 1 saturated heterocycles. The maximum Gasteiger partial charge on any atom is 0.122 e. The maximum absolute atomic E-state index is 11.2. The molecule has 0 atom stereocenters. The van der Waals surface area contributed by atoms with Gasteiger partial charge in [0.25, 0.3) is 0 Å². The SMILES string of the molecule is NC(=S)c1cc(CN2CCS(=O)CC2)ccn1. The van der Waals surface area contributed by atoms with Crippen LogP contribution in [-0.2, 0) is 17.3 Å². The van der Waals surface area contributed by atoms with E-state index in [1.165, 1.54) is 0 Å². The van der Waals surface area contributed by atoms with Gasteiger partial charge in [0.15, 0.2) is 0 Å². The molecule has 17 heavy (non-hydrogen) atoms. The van der Waals surface area contributed by atoms with Crippen LogP contribution < -0.4 is 5.73 Å². The average Bonchev–Trinajstić information content (AvgIpc) is 2.32. The van der Waals surface area contributed by atoms with Gasteiger partial charge in [0.05, 0.1) is 5.69 Å². The number of aromatic nitrogens is 1. The second-order valence-electron chi connectivity index (χ2n) is 4.04. The molecule has 6 heteroatoms. The van der Waals surface area contributed by atoms with Crippen LogP contribution in [0.3, 0.4) is 0 Å². The van der Waals surface area contributed by atoms with Crippen molar-refractivity contribution >= 4 is 28.0 Å². The number of hydrogen-bond acceptors (Lipinski definition) is 4. The van der Waals surface area contributed by atoms with E-state index in [-0.39, 0.29) is 0 Å². The molecule has 1 aliphatic rings. The molecule has 2 N–H and O–H groups in total. The topological polar surface area (TPSA) is 59.2 Å². The highest BCUT2D eigenvalue weighted by atomic mass is 32.2. The summed E-state index contributed by atoms with van der Waals surface area (Å²) in [7, 11) is -0.625. The Hall–Kier alpha value is -0.850. The first-order valence-electron chi connectivity index (χ1n) is 5.47. The minimum Gasteiger partial charge on any atom is -0.388 e. The molecule has 0 amide bonds. The zero-order valence-electron chi connectivity index (χ0n) is 9.46. The van der Waals surface area contributed by atoms with E-state index < -0.39 is 10.8 Å². The first kappa shape index (κ1) is 12.6. The van der Waals surface area contributed by atoms with E-state index >= 15 is 0 Å². The second-order valence-corrected chi connectivity index (χ2v) is 6.17. The maximum atomic E-state index is 11.2. The summed E-state index contributed by atoms with van der Waals surface area (Å²) in [6.07, 6.45) is 1.73. The summed E-state index contributed by atoms with van der Waals surface area (Å²) in [5.41, 5.74) is 7.36. The number of nitrogens with zero attached hydrogens (tertiary/aromatic N) is 2. The molecular formula is C11H15N3OS2. The molecule has 0 aromatic carbocycles. The molecule has 0 unspecified atom stereocenters. The fourth-order valence-corrected chi connectivity index (χ4v) is 3.04. The van der Waals surface area contributed by atoms with Crippen molar-refractivity contribution in [3.63, 3.8) is 0 Å². The number of nitrogens with two attached hydrogens (primary N) is 1. The standard InChI is InChI=1S/C11H15N3OS2/c12-11(16)10-7-9(1-2-13-10)8-14-3-5-17(15)6-4-14/h1-2,7H,3-6,8H2,(H2,12,16). The van der Waals surface area contributed by atoms with Crippen LogP contribution in [0.2, 0.25) is 0 Å². The van der Waals surface area contributed by atoms with E-state index in [2.05, 4.69) is 9.88 Å². The Balaban J connectivity index is 2.01. The fraction of sp³-hybridized carbons (Fsp3) is 0.455. The van der Waals surface area contributed by atoms with Crippen molar-refractivity contribution in [2.24, 2.45) is 5.73 Å². The highest BCUT2D eigenvalue weighted by molar-refractivity contribution is 7.85. The lowest BCUT2D eigenvalue weighted by molar-refractivity contribution is 0.291. The van der Waals surface area contributed by atoms with Gasteiger partial charge in [-0.3, -0.25) is 14.1 Å². The molecule has 1 aromatic heterocycles. The Kier molecular flexibility index (Phi) is 4.20. The predicted octanol–water partition coefficient (Wildman–Crippen LogP) is 0.280. The zero-order chi connectivity index (χ0) is 12.3. The quantitative estimate of drug-likeness (QED) is 0.799. The first-order valence-corrected chi connectivity index (χ1v) is 7.37. The molecular weight excluding hydrogens is 254 g/mol. The summed E-state index contributed by atoms with van der Waals surface area (Å²) in [4.78, 5) is 6.73. The van der Waals surface area contributed by atoms with Gasteiger partial charge < -0.3 is 5.73 Å².